The maximum atomic E-state index is 11.7. The Labute approximate surface area is 147 Å². The minimum Gasteiger partial charge on any atom is -0.465 e. The smallest absolute Gasteiger partial charge is 0.407 e. The van der Waals surface area contributed by atoms with Gasteiger partial charge in [0.1, 0.15) is 6.61 Å². The average molecular weight is 339 g/mol. The van der Waals surface area contributed by atoms with Gasteiger partial charge >= 0.3 is 12.1 Å². The number of aryl methyl sites for hydroxylation is 1. The molecule has 1 amide bonds. The van der Waals surface area contributed by atoms with Crippen LogP contribution >= 0.6 is 0 Å². The number of rotatable bonds is 6. The Morgan fingerprint density at radius 1 is 1.12 bits per heavy atom. The fourth-order valence-corrected chi connectivity index (χ4v) is 2.18. The summed E-state index contributed by atoms with van der Waals surface area (Å²) in [7, 11) is 1.36. The average Bonchev–Trinajstić information content (AvgIpc) is 2.65. The molecule has 2 aromatic rings. The molecule has 2 rings (SSSR count). The monoisotopic (exact) mass is 339 g/mol. The maximum absolute atomic E-state index is 11.7. The second-order valence-electron chi connectivity index (χ2n) is 5.41. The zero-order chi connectivity index (χ0) is 18.1. The molecule has 0 bridgehead atoms. The first-order chi connectivity index (χ1) is 12.1. The minimum absolute atomic E-state index is 0.233. The van der Waals surface area contributed by atoms with E-state index in [-0.39, 0.29) is 12.6 Å². The standard InChI is InChI=1S/C20H21NO4/c1-15-10-11-16(13-18(15)19(22)24-2)9-6-12-21-20(23)25-14-17-7-4-3-5-8-17/h3-11,13H,12,14H2,1-2H3,(H,21,23). The van der Waals surface area contributed by atoms with E-state index >= 15 is 0 Å². The number of hydrogen-bond donors (Lipinski definition) is 1. The summed E-state index contributed by atoms with van der Waals surface area (Å²) < 4.78 is 9.87. The predicted molar refractivity (Wildman–Crippen MR) is 96.2 cm³/mol. The Morgan fingerprint density at radius 3 is 2.60 bits per heavy atom. The molecule has 0 heterocycles. The van der Waals surface area contributed by atoms with Gasteiger partial charge in [0.25, 0.3) is 0 Å². The summed E-state index contributed by atoms with van der Waals surface area (Å²) in [6.45, 7) is 2.41. The number of nitrogens with one attached hydrogen (secondary N) is 1. The Hall–Kier alpha value is -3.08. The molecule has 0 fully saturated rings. The lowest BCUT2D eigenvalue weighted by Crippen LogP contribution is -2.24. The number of alkyl carbamates (subject to hydrolysis) is 1. The lowest BCUT2D eigenvalue weighted by atomic mass is 10.0. The zero-order valence-corrected chi connectivity index (χ0v) is 14.3. The summed E-state index contributed by atoms with van der Waals surface area (Å²) in [5, 5.41) is 2.64. The van der Waals surface area contributed by atoms with E-state index in [1.165, 1.54) is 7.11 Å². The van der Waals surface area contributed by atoms with Crippen molar-refractivity contribution in [2.75, 3.05) is 13.7 Å². The van der Waals surface area contributed by atoms with E-state index in [9.17, 15) is 9.59 Å². The molecule has 5 nitrogen and oxygen atoms in total. The van der Waals surface area contributed by atoms with Gasteiger partial charge in [0.2, 0.25) is 0 Å². The molecular formula is C20H21NO4. The summed E-state index contributed by atoms with van der Waals surface area (Å²) in [5.74, 6) is -0.365. The molecule has 0 radical (unpaired) electrons. The van der Waals surface area contributed by atoms with E-state index in [1.807, 2.05) is 55.5 Å². The molecule has 2 aromatic carbocycles. The van der Waals surface area contributed by atoms with Gasteiger partial charge in [-0.25, -0.2) is 9.59 Å². The van der Waals surface area contributed by atoms with E-state index in [0.29, 0.717) is 12.1 Å². The van der Waals surface area contributed by atoms with Gasteiger partial charge in [0.15, 0.2) is 0 Å². The van der Waals surface area contributed by atoms with Crippen LogP contribution in [0.3, 0.4) is 0 Å². The number of hydrogen-bond acceptors (Lipinski definition) is 4. The molecule has 0 saturated carbocycles. The fourth-order valence-electron chi connectivity index (χ4n) is 2.18. The molecule has 0 atom stereocenters. The van der Waals surface area contributed by atoms with Crippen molar-refractivity contribution in [3.8, 4) is 0 Å². The van der Waals surface area contributed by atoms with Gasteiger partial charge in [-0.2, -0.15) is 0 Å². The number of ether oxygens (including phenoxy) is 2. The molecule has 5 heteroatoms. The number of methoxy groups -OCH3 is 1. The van der Waals surface area contributed by atoms with Gasteiger partial charge in [-0.3, -0.25) is 0 Å². The normalized spacial score (nSPS) is 10.5. The highest BCUT2D eigenvalue weighted by Gasteiger charge is 2.08. The van der Waals surface area contributed by atoms with Crippen LogP contribution in [0, 0.1) is 6.92 Å². The quantitative estimate of drug-likeness (QED) is 0.815. The van der Waals surface area contributed by atoms with Crippen LogP contribution in [0.1, 0.15) is 27.0 Å². The van der Waals surface area contributed by atoms with Gasteiger partial charge in [-0.05, 0) is 29.7 Å². The lowest BCUT2D eigenvalue weighted by Gasteiger charge is -2.06. The highest BCUT2D eigenvalue weighted by Crippen LogP contribution is 2.13. The van der Waals surface area contributed by atoms with Gasteiger partial charge < -0.3 is 14.8 Å². The largest absolute Gasteiger partial charge is 0.465 e. The van der Waals surface area contributed by atoms with E-state index in [2.05, 4.69) is 5.32 Å². The Bertz CT molecular complexity index is 754. The first kappa shape index (κ1) is 18.3. The van der Waals surface area contributed by atoms with Crippen molar-refractivity contribution in [1.29, 1.82) is 0 Å². The summed E-state index contributed by atoms with van der Waals surface area (Å²) in [5.41, 5.74) is 3.17. The molecule has 0 spiro atoms. The molecule has 25 heavy (non-hydrogen) atoms. The van der Waals surface area contributed by atoms with Crippen LogP contribution < -0.4 is 5.32 Å². The van der Waals surface area contributed by atoms with Crippen LogP contribution in [-0.4, -0.2) is 25.7 Å². The summed E-state index contributed by atoms with van der Waals surface area (Å²) in [4.78, 5) is 23.3. The second kappa shape index (κ2) is 9.27. The van der Waals surface area contributed by atoms with Crippen LogP contribution in [0.25, 0.3) is 6.08 Å². The predicted octanol–water partition coefficient (Wildman–Crippen LogP) is 3.72. The van der Waals surface area contributed by atoms with E-state index in [4.69, 9.17) is 9.47 Å². The molecule has 130 valence electrons. The first-order valence-corrected chi connectivity index (χ1v) is 7.90. The van der Waals surface area contributed by atoms with Crippen molar-refractivity contribution in [2.45, 2.75) is 13.5 Å². The summed E-state index contributed by atoms with van der Waals surface area (Å²) in [6.07, 6.45) is 3.13. The van der Waals surface area contributed by atoms with Crippen molar-refractivity contribution in [2.24, 2.45) is 0 Å². The molecule has 0 aliphatic heterocycles. The molecule has 0 aliphatic carbocycles. The third-order valence-corrected chi connectivity index (χ3v) is 3.55. The van der Waals surface area contributed by atoms with Crippen LogP contribution in [0.5, 0.6) is 0 Å². The highest BCUT2D eigenvalue weighted by atomic mass is 16.5. The molecular weight excluding hydrogens is 318 g/mol. The van der Waals surface area contributed by atoms with Crippen LogP contribution in [0.4, 0.5) is 4.79 Å². The Balaban J connectivity index is 1.81. The van der Waals surface area contributed by atoms with Crippen LogP contribution in [0.2, 0.25) is 0 Å². The SMILES string of the molecule is COC(=O)c1cc(C=CCNC(=O)OCc2ccccc2)ccc1C. The third kappa shape index (κ3) is 5.80. The lowest BCUT2D eigenvalue weighted by molar-refractivity contribution is 0.0600. The molecule has 0 saturated heterocycles. The van der Waals surface area contributed by atoms with Crippen LogP contribution in [-0.2, 0) is 16.1 Å². The molecule has 0 aliphatic rings. The fraction of sp³-hybridized carbons (Fsp3) is 0.200. The van der Waals surface area contributed by atoms with Gasteiger partial charge in [0.05, 0.1) is 12.7 Å². The number of benzene rings is 2. The Morgan fingerprint density at radius 2 is 1.88 bits per heavy atom. The van der Waals surface area contributed by atoms with E-state index < -0.39 is 6.09 Å². The number of amides is 1. The van der Waals surface area contributed by atoms with Crippen molar-refractivity contribution in [1.82, 2.24) is 5.32 Å². The van der Waals surface area contributed by atoms with Crippen LogP contribution in [0.15, 0.2) is 54.6 Å². The van der Waals surface area contributed by atoms with Gasteiger partial charge in [-0.1, -0.05) is 54.6 Å². The molecule has 1 N–H and O–H groups in total. The van der Waals surface area contributed by atoms with Crippen molar-refractivity contribution in [3.63, 3.8) is 0 Å². The maximum Gasteiger partial charge on any atom is 0.407 e. The van der Waals surface area contributed by atoms with Crippen molar-refractivity contribution >= 4 is 18.1 Å². The van der Waals surface area contributed by atoms with Crippen molar-refractivity contribution < 1.29 is 19.1 Å². The molecule has 0 unspecified atom stereocenters. The topological polar surface area (TPSA) is 64.6 Å². The van der Waals surface area contributed by atoms with E-state index in [0.717, 1.165) is 16.7 Å². The van der Waals surface area contributed by atoms with E-state index in [1.54, 1.807) is 12.1 Å². The summed E-state index contributed by atoms with van der Waals surface area (Å²) >= 11 is 0. The molecule has 0 aromatic heterocycles. The summed E-state index contributed by atoms with van der Waals surface area (Å²) in [6, 6.07) is 15.0. The first-order valence-electron chi connectivity index (χ1n) is 7.90. The van der Waals surface area contributed by atoms with Crippen molar-refractivity contribution in [3.05, 3.63) is 76.9 Å². The highest BCUT2D eigenvalue weighted by molar-refractivity contribution is 5.91. The number of carbonyl (C=O) groups is 2. The van der Waals surface area contributed by atoms with Gasteiger partial charge in [0, 0.05) is 6.54 Å². The Kier molecular flexibility index (Phi) is 6.77. The van der Waals surface area contributed by atoms with Gasteiger partial charge in [-0.15, -0.1) is 0 Å². The number of carbonyl (C=O) groups excluding carboxylic acids is 2. The minimum atomic E-state index is -0.479. The number of esters is 1. The third-order valence-electron chi connectivity index (χ3n) is 3.55. The second-order valence-corrected chi connectivity index (χ2v) is 5.41. The zero-order valence-electron chi connectivity index (χ0n) is 14.3.